The highest BCUT2D eigenvalue weighted by Gasteiger charge is 2.16. The fourth-order valence-electron chi connectivity index (χ4n) is 1.08. The van der Waals surface area contributed by atoms with Crippen LogP contribution in [0, 0.1) is 5.92 Å². The predicted octanol–water partition coefficient (Wildman–Crippen LogP) is 2.16. The van der Waals surface area contributed by atoms with Crippen molar-refractivity contribution >= 4 is 5.97 Å². The maximum Gasteiger partial charge on any atom is 0.358 e. The molecule has 0 saturated carbocycles. The number of carbonyl (C=O) groups excluding carboxylic acids is 1. The minimum absolute atomic E-state index is 0.213. The fraction of sp³-hybridized carbons (Fsp3) is 0.875. The Balaban J connectivity index is 3.61. The Labute approximate surface area is 62.2 Å². The van der Waals surface area contributed by atoms with Crippen LogP contribution in [0.4, 0.5) is 0 Å². The van der Waals surface area contributed by atoms with E-state index in [1.165, 1.54) is 0 Å². The van der Waals surface area contributed by atoms with E-state index in [0.717, 1.165) is 25.7 Å². The monoisotopic (exact) mass is 143 g/mol. The lowest BCUT2D eigenvalue weighted by Crippen LogP contribution is -2.11. The lowest BCUT2D eigenvalue weighted by molar-refractivity contribution is -0.148. The topological polar surface area (TPSA) is 37.0 Å². The molecule has 0 aliphatic carbocycles. The van der Waals surface area contributed by atoms with Gasteiger partial charge in [0.25, 0.3) is 0 Å². The Morgan fingerprint density at radius 1 is 1.20 bits per heavy atom. The van der Waals surface area contributed by atoms with E-state index in [4.69, 9.17) is 0 Å². The molecule has 0 aromatic carbocycles. The van der Waals surface area contributed by atoms with Crippen molar-refractivity contribution < 1.29 is 9.90 Å². The summed E-state index contributed by atoms with van der Waals surface area (Å²) in [5.74, 6) is -1.10. The van der Waals surface area contributed by atoms with Crippen molar-refractivity contribution in [3.8, 4) is 0 Å². The predicted molar refractivity (Wildman–Crippen MR) is 39.0 cm³/mol. The van der Waals surface area contributed by atoms with Gasteiger partial charge in [0.1, 0.15) is 0 Å². The van der Waals surface area contributed by atoms with Gasteiger partial charge in [-0.2, -0.15) is 0 Å². The smallest absolute Gasteiger partial charge is 0.247 e. The molecule has 0 heterocycles. The molecule has 0 saturated heterocycles. The lowest BCUT2D eigenvalue weighted by Gasteiger charge is -2.05. The summed E-state index contributed by atoms with van der Waals surface area (Å²) in [6.45, 7) is 3.98. The summed E-state index contributed by atoms with van der Waals surface area (Å²) < 4.78 is 0. The van der Waals surface area contributed by atoms with Gasteiger partial charge in [-0.25, -0.2) is 9.90 Å². The molecule has 1 radical (unpaired) electrons. The molecule has 2 heteroatoms. The van der Waals surface area contributed by atoms with Gasteiger partial charge < -0.3 is 0 Å². The van der Waals surface area contributed by atoms with E-state index in [1.807, 2.05) is 13.8 Å². The van der Waals surface area contributed by atoms with Crippen molar-refractivity contribution in [1.29, 1.82) is 0 Å². The van der Waals surface area contributed by atoms with Crippen LogP contribution < -0.4 is 0 Å². The molecule has 0 rings (SSSR count). The molecule has 10 heavy (non-hydrogen) atoms. The van der Waals surface area contributed by atoms with Crippen LogP contribution in [-0.2, 0) is 9.90 Å². The minimum atomic E-state index is -0.885. The van der Waals surface area contributed by atoms with Crippen LogP contribution in [0.5, 0.6) is 0 Å². The molecule has 0 aromatic heterocycles. The summed E-state index contributed by atoms with van der Waals surface area (Å²) in [5, 5.41) is 10.4. The Morgan fingerprint density at radius 3 is 1.80 bits per heavy atom. The molecule has 0 aromatic rings. The first-order chi connectivity index (χ1) is 4.72. The Bertz CT molecular complexity index is 93.4. The molecule has 0 atom stereocenters. The zero-order chi connectivity index (χ0) is 7.98. The zero-order valence-corrected chi connectivity index (χ0v) is 6.72. The second kappa shape index (κ2) is 5.27. The van der Waals surface area contributed by atoms with Gasteiger partial charge in [-0.15, -0.1) is 0 Å². The van der Waals surface area contributed by atoms with E-state index >= 15 is 0 Å². The number of hydrogen-bond donors (Lipinski definition) is 0. The SMILES string of the molecule is CCCC(CCC)C([O])=O. The average Bonchev–Trinajstić information content (AvgIpc) is 1.87. The Morgan fingerprint density at radius 2 is 1.60 bits per heavy atom. The van der Waals surface area contributed by atoms with Gasteiger partial charge in [-0.3, -0.25) is 0 Å². The van der Waals surface area contributed by atoms with Crippen molar-refractivity contribution in [1.82, 2.24) is 0 Å². The number of carbonyl (C=O) groups is 1. The number of hydrogen-bond acceptors (Lipinski definition) is 1. The molecule has 59 valence electrons. The van der Waals surface area contributed by atoms with Gasteiger partial charge in [0.15, 0.2) is 0 Å². The van der Waals surface area contributed by atoms with Gasteiger partial charge in [0, 0.05) is 0 Å². The van der Waals surface area contributed by atoms with Crippen LogP contribution >= 0.6 is 0 Å². The third-order valence-electron chi connectivity index (χ3n) is 1.61. The second-order valence-electron chi connectivity index (χ2n) is 2.59. The van der Waals surface area contributed by atoms with E-state index in [-0.39, 0.29) is 5.92 Å². The molecule has 0 aliphatic heterocycles. The molecule has 0 aliphatic rings. The van der Waals surface area contributed by atoms with Crippen LogP contribution in [0.3, 0.4) is 0 Å². The van der Waals surface area contributed by atoms with Crippen LogP contribution in [-0.4, -0.2) is 5.97 Å². The highest BCUT2D eigenvalue weighted by Crippen LogP contribution is 2.13. The summed E-state index contributed by atoms with van der Waals surface area (Å²) in [5.41, 5.74) is 0. The van der Waals surface area contributed by atoms with E-state index in [9.17, 15) is 9.90 Å². The van der Waals surface area contributed by atoms with E-state index in [1.54, 1.807) is 0 Å². The maximum absolute atomic E-state index is 10.4. The van der Waals surface area contributed by atoms with Crippen molar-refractivity contribution in [2.75, 3.05) is 0 Å². The van der Waals surface area contributed by atoms with Crippen LogP contribution in [0.1, 0.15) is 39.5 Å². The molecule has 2 nitrogen and oxygen atoms in total. The van der Waals surface area contributed by atoms with E-state index in [0.29, 0.717) is 0 Å². The standard InChI is InChI=1S/C8H15O2/c1-3-5-7(6-4-2)8(9)10/h7H,3-6H2,1-2H3. The zero-order valence-electron chi connectivity index (χ0n) is 6.72. The summed E-state index contributed by atoms with van der Waals surface area (Å²) in [7, 11) is 0. The molecule has 0 unspecified atom stereocenters. The normalized spacial score (nSPS) is 10.3. The molecule has 0 amide bonds. The molecular formula is C8H15O2. The van der Waals surface area contributed by atoms with Crippen molar-refractivity contribution in [3.63, 3.8) is 0 Å². The summed E-state index contributed by atoms with van der Waals surface area (Å²) in [6.07, 6.45) is 3.38. The Hall–Kier alpha value is -0.530. The highest BCUT2D eigenvalue weighted by atomic mass is 16.4. The summed E-state index contributed by atoms with van der Waals surface area (Å²) in [6, 6.07) is 0. The molecule has 0 fully saturated rings. The second-order valence-corrected chi connectivity index (χ2v) is 2.59. The summed E-state index contributed by atoms with van der Waals surface area (Å²) in [4.78, 5) is 10.4. The van der Waals surface area contributed by atoms with Gasteiger partial charge in [-0.05, 0) is 12.8 Å². The largest absolute Gasteiger partial charge is 0.358 e. The quantitative estimate of drug-likeness (QED) is 0.581. The van der Waals surface area contributed by atoms with Gasteiger partial charge >= 0.3 is 5.97 Å². The van der Waals surface area contributed by atoms with Crippen LogP contribution in [0.25, 0.3) is 0 Å². The molecular weight excluding hydrogens is 128 g/mol. The molecule has 0 spiro atoms. The first-order valence-corrected chi connectivity index (χ1v) is 3.93. The maximum atomic E-state index is 10.4. The van der Waals surface area contributed by atoms with E-state index < -0.39 is 5.97 Å². The Kier molecular flexibility index (Phi) is 4.99. The first-order valence-electron chi connectivity index (χ1n) is 3.93. The average molecular weight is 143 g/mol. The first kappa shape index (κ1) is 9.47. The summed E-state index contributed by atoms with van der Waals surface area (Å²) >= 11 is 0. The van der Waals surface area contributed by atoms with Crippen molar-refractivity contribution in [2.45, 2.75) is 39.5 Å². The molecule has 0 N–H and O–H groups in total. The fourth-order valence-corrected chi connectivity index (χ4v) is 1.08. The van der Waals surface area contributed by atoms with Crippen LogP contribution in [0.15, 0.2) is 0 Å². The highest BCUT2D eigenvalue weighted by molar-refractivity contribution is 5.69. The van der Waals surface area contributed by atoms with Crippen LogP contribution in [0.2, 0.25) is 0 Å². The van der Waals surface area contributed by atoms with Crippen molar-refractivity contribution in [2.24, 2.45) is 5.92 Å². The minimum Gasteiger partial charge on any atom is -0.247 e. The van der Waals surface area contributed by atoms with Gasteiger partial charge in [0.05, 0.1) is 5.92 Å². The third kappa shape index (κ3) is 3.49. The van der Waals surface area contributed by atoms with Gasteiger partial charge in [0.2, 0.25) is 0 Å². The molecule has 0 bridgehead atoms. The number of rotatable bonds is 5. The van der Waals surface area contributed by atoms with Gasteiger partial charge in [-0.1, -0.05) is 26.7 Å². The van der Waals surface area contributed by atoms with Crippen molar-refractivity contribution in [3.05, 3.63) is 0 Å². The lowest BCUT2D eigenvalue weighted by atomic mass is 9.99. The third-order valence-corrected chi connectivity index (χ3v) is 1.61. The van der Waals surface area contributed by atoms with E-state index in [2.05, 4.69) is 0 Å².